The van der Waals surface area contributed by atoms with Crippen molar-refractivity contribution in [3.63, 3.8) is 0 Å². The molecule has 1 N–H and O–H groups in total. The molecule has 3 rings (SSSR count). The van der Waals surface area contributed by atoms with Gasteiger partial charge in [-0.1, -0.05) is 31.5 Å². The van der Waals surface area contributed by atoms with Crippen molar-refractivity contribution < 1.29 is 0 Å². The van der Waals surface area contributed by atoms with Crippen LogP contribution in [0.3, 0.4) is 0 Å². The van der Waals surface area contributed by atoms with Crippen LogP contribution in [0.4, 0.5) is 0 Å². The summed E-state index contributed by atoms with van der Waals surface area (Å²) in [6.07, 6.45) is 6.14. The molecule has 1 aromatic heterocycles. The van der Waals surface area contributed by atoms with Crippen LogP contribution in [-0.4, -0.2) is 11.5 Å². The molecular weight excluding hydrogens is 232 g/mol. The highest BCUT2D eigenvalue weighted by Crippen LogP contribution is 2.31. The minimum atomic E-state index is 0.507. The number of benzene rings is 1. The van der Waals surface area contributed by atoms with Crippen LogP contribution in [0, 0.1) is 0 Å². The Hall–Kier alpha value is -1.41. The van der Waals surface area contributed by atoms with Crippen LogP contribution >= 0.6 is 0 Å². The molecule has 0 fully saturated rings. The Morgan fingerprint density at radius 2 is 2.21 bits per heavy atom. The molecule has 0 bridgehead atoms. The minimum Gasteiger partial charge on any atom is -0.310 e. The number of fused-ring (bicyclic) bond motifs is 2. The lowest BCUT2D eigenvalue weighted by atomic mass is 9.90. The van der Waals surface area contributed by atoms with E-state index in [1.807, 2.05) is 0 Å². The number of unbranched alkanes of at least 4 members (excludes halogenated alkanes) is 1. The lowest BCUT2D eigenvalue weighted by Gasteiger charge is -2.26. The van der Waals surface area contributed by atoms with Gasteiger partial charge in [-0.3, -0.25) is 4.98 Å². The normalized spacial score (nSPS) is 18.5. The molecule has 1 heterocycles. The van der Waals surface area contributed by atoms with Crippen LogP contribution in [0.1, 0.15) is 49.9 Å². The molecule has 100 valence electrons. The van der Waals surface area contributed by atoms with Crippen molar-refractivity contribution >= 4 is 10.9 Å². The van der Waals surface area contributed by atoms with E-state index in [0.29, 0.717) is 6.04 Å². The first kappa shape index (κ1) is 12.6. The van der Waals surface area contributed by atoms with Crippen LogP contribution < -0.4 is 5.32 Å². The molecule has 1 atom stereocenters. The van der Waals surface area contributed by atoms with E-state index in [0.717, 1.165) is 18.5 Å². The molecule has 1 aliphatic carbocycles. The van der Waals surface area contributed by atoms with Gasteiger partial charge in [0.25, 0.3) is 0 Å². The SMILES string of the molecule is CCCCNC1CCCc2nc3ccccc3cc21. The van der Waals surface area contributed by atoms with Gasteiger partial charge in [0.1, 0.15) is 0 Å². The first-order valence-corrected chi connectivity index (χ1v) is 7.50. The summed E-state index contributed by atoms with van der Waals surface area (Å²) in [4.78, 5) is 4.85. The van der Waals surface area contributed by atoms with E-state index in [9.17, 15) is 0 Å². The van der Waals surface area contributed by atoms with Crippen molar-refractivity contribution in [2.24, 2.45) is 0 Å². The number of rotatable bonds is 4. The summed E-state index contributed by atoms with van der Waals surface area (Å²) in [6, 6.07) is 11.3. The van der Waals surface area contributed by atoms with Crippen LogP contribution in [-0.2, 0) is 6.42 Å². The molecule has 0 saturated heterocycles. The van der Waals surface area contributed by atoms with Crippen LogP contribution in [0.5, 0.6) is 0 Å². The third-order valence-corrected chi connectivity index (χ3v) is 4.04. The number of aryl methyl sites for hydroxylation is 1. The highest BCUT2D eigenvalue weighted by Gasteiger charge is 2.21. The van der Waals surface area contributed by atoms with Gasteiger partial charge >= 0.3 is 0 Å². The summed E-state index contributed by atoms with van der Waals surface area (Å²) in [5.74, 6) is 0. The molecule has 2 heteroatoms. The van der Waals surface area contributed by atoms with Gasteiger partial charge in [0.15, 0.2) is 0 Å². The molecule has 0 amide bonds. The topological polar surface area (TPSA) is 24.9 Å². The van der Waals surface area contributed by atoms with E-state index in [1.165, 1.54) is 42.3 Å². The Morgan fingerprint density at radius 1 is 1.32 bits per heavy atom. The highest BCUT2D eigenvalue weighted by molar-refractivity contribution is 5.79. The third kappa shape index (κ3) is 2.64. The Labute approximate surface area is 115 Å². The molecule has 0 saturated carbocycles. The summed E-state index contributed by atoms with van der Waals surface area (Å²) < 4.78 is 0. The zero-order valence-electron chi connectivity index (χ0n) is 11.7. The van der Waals surface area contributed by atoms with Gasteiger partial charge < -0.3 is 5.32 Å². The number of hydrogen-bond donors (Lipinski definition) is 1. The Morgan fingerprint density at radius 3 is 3.11 bits per heavy atom. The first-order chi connectivity index (χ1) is 9.38. The van der Waals surface area contributed by atoms with Gasteiger partial charge in [-0.05, 0) is 49.9 Å². The Balaban J connectivity index is 1.91. The van der Waals surface area contributed by atoms with Crippen LogP contribution in [0.25, 0.3) is 10.9 Å². The summed E-state index contributed by atoms with van der Waals surface area (Å²) in [5.41, 5.74) is 3.87. The van der Waals surface area contributed by atoms with Crippen molar-refractivity contribution in [2.75, 3.05) is 6.54 Å². The summed E-state index contributed by atoms with van der Waals surface area (Å²) in [7, 11) is 0. The quantitative estimate of drug-likeness (QED) is 0.834. The number of nitrogens with one attached hydrogen (secondary N) is 1. The summed E-state index contributed by atoms with van der Waals surface area (Å²) in [5, 5.41) is 4.97. The number of pyridine rings is 1. The summed E-state index contributed by atoms with van der Waals surface area (Å²) in [6.45, 7) is 3.36. The second-order valence-electron chi connectivity index (χ2n) is 5.47. The van der Waals surface area contributed by atoms with Gasteiger partial charge in [-0.25, -0.2) is 0 Å². The van der Waals surface area contributed by atoms with Gasteiger partial charge in [0.05, 0.1) is 5.52 Å². The maximum Gasteiger partial charge on any atom is 0.0705 e. The number of nitrogens with zero attached hydrogens (tertiary/aromatic N) is 1. The second-order valence-corrected chi connectivity index (χ2v) is 5.47. The minimum absolute atomic E-state index is 0.507. The van der Waals surface area contributed by atoms with Gasteiger partial charge in [-0.15, -0.1) is 0 Å². The molecule has 1 aromatic carbocycles. The zero-order chi connectivity index (χ0) is 13.1. The van der Waals surface area contributed by atoms with Crippen molar-refractivity contribution in [2.45, 2.75) is 45.1 Å². The van der Waals surface area contributed by atoms with Crippen molar-refractivity contribution in [1.82, 2.24) is 10.3 Å². The maximum atomic E-state index is 4.85. The number of aromatic nitrogens is 1. The Kier molecular flexibility index (Phi) is 3.79. The smallest absolute Gasteiger partial charge is 0.0705 e. The largest absolute Gasteiger partial charge is 0.310 e. The van der Waals surface area contributed by atoms with E-state index >= 15 is 0 Å². The molecule has 2 aromatic rings. The van der Waals surface area contributed by atoms with E-state index in [1.54, 1.807) is 0 Å². The van der Waals surface area contributed by atoms with Gasteiger partial charge in [0.2, 0.25) is 0 Å². The van der Waals surface area contributed by atoms with Crippen molar-refractivity contribution in [3.05, 3.63) is 41.6 Å². The molecule has 0 radical (unpaired) electrons. The third-order valence-electron chi connectivity index (χ3n) is 4.04. The van der Waals surface area contributed by atoms with Crippen molar-refractivity contribution in [1.29, 1.82) is 0 Å². The predicted molar refractivity (Wildman–Crippen MR) is 80.3 cm³/mol. The molecule has 1 unspecified atom stereocenters. The fraction of sp³-hybridized carbons (Fsp3) is 0.471. The van der Waals surface area contributed by atoms with Crippen molar-refractivity contribution in [3.8, 4) is 0 Å². The fourth-order valence-electron chi connectivity index (χ4n) is 2.97. The Bertz CT molecular complexity index is 562. The monoisotopic (exact) mass is 254 g/mol. The zero-order valence-corrected chi connectivity index (χ0v) is 11.7. The molecule has 19 heavy (non-hydrogen) atoms. The van der Waals surface area contributed by atoms with E-state index in [-0.39, 0.29) is 0 Å². The van der Waals surface area contributed by atoms with E-state index in [4.69, 9.17) is 4.98 Å². The number of para-hydroxylation sites is 1. The first-order valence-electron chi connectivity index (χ1n) is 7.50. The second kappa shape index (κ2) is 5.70. The summed E-state index contributed by atoms with van der Waals surface area (Å²) >= 11 is 0. The molecule has 0 aliphatic heterocycles. The average Bonchev–Trinajstić information content (AvgIpc) is 2.46. The average molecular weight is 254 g/mol. The molecule has 0 spiro atoms. The lowest BCUT2D eigenvalue weighted by molar-refractivity contribution is 0.451. The number of hydrogen-bond acceptors (Lipinski definition) is 2. The van der Waals surface area contributed by atoms with E-state index < -0.39 is 0 Å². The van der Waals surface area contributed by atoms with E-state index in [2.05, 4.69) is 42.6 Å². The highest BCUT2D eigenvalue weighted by atomic mass is 14.9. The maximum absolute atomic E-state index is 4.85. The lowest BCUT2D eigenvalue weighted by Crippen LogP contribution is -2.26. The standard InChI is InChI=1S/C17H22N2/c1-2-3-11-18-16-9-6-10-17-14(16)12-13-7-4-5-8-15(13)19-17/h4-5,7-8,12,16,18H,2-3,6,9-11H2,1H3. The fourth-order valence-corrected chi connectivity index (χ4v) is 2.97. The molecule has 1 aliphatic rings. The van der Waals surface area contributed by atoms with Crippen LogP contribution in [0.15, 0.2) is 30.3 Å². The van der Waals surface area contributed by atoms with Crippen LogP contribution in [0.2, 0.25) is 0 Å². The van der Waals surface area contributed by atoms with Gasteiger partial charge in [0, 0.05) is 17.1 Å². The van der Waals surface area contributed by atoms with Gasteiger partial charge in [-0.2, -0.15) is 0 Å². The molecular formula is C17H22N2. The molecule has 2 nitrogen and oxygen atoms in total. The predicted octanol–water partition coefficient (Wildman–Crippen LogP) is 4.00.